The van der Waals surface area contributed by atoms with Crippen LogP contribution in [-0.4, -0.2) is 107 Å². The van der Waals surface area contributed by atoms with Crippen molar-refractivity contribution in [2.75, 3.05) is 13.2 Å². The van der Waals surface area contributed by atoms with Crippen LogP contribution in [0.5, 0.6) is 0 Å². The summed E-state index contributed by atoms with van der Waals surface area (Å²) in [6.07, 6.45) is 10.5. The molecule has 1 saturated heterocycles. The van der Waals surface area contributed by atoms with E-state index >= 15 is 0 Å². The van der Waals surface area contributed by atoms with Crippen LogP contribution in [-0.2, 0) is 28.9 Å². The Balaban J connectivity index is 2.84. The molecule has 14 heteroatoms. The van der Waals surface area contributed by atoms with E-state index in [0.717, 1.165) is 44.9 Å². The maximum atomic E-state index is 12.8. The topological polar surface area (TPSA) is 212 Å². The molecule has 0 aliphatic carbocycles. The van der Waals surface area contributed by atoms with Crippen molar-refractivity contribution in [2.45, 2.75) is 159 Å². The quantitative estimate of drug-likeness (QED) is 0.0399. The molecule has 1 aliphatic rings. The summed E-state index contributed by atoms with van der Waals surface area (Å²) in [4.78, 5) is 12.8. The fourth-order valence-corrected chi connectivity index (χ4v) is 5.56. The zero-order valence-corrected chi connectivity index (χ0v) is 28.3. The molecule has 46 heavy (non-hydrogen) atoms. The van der Waals surface area contributed by atoms with Gasteiger partial charge in [0, 0.05) is 0 Å². The van der Waals surface area contributed by atoms with Crippen molar-refractivity contribution >= 4 is 16.3 Å². The summed E-state index contributed by atoms with van der Waals surface area (Å²) in [6.45, 7) is 3.03. The standard InChI is InChI=1S/C32H59NO12S/c1-3-5-7-9-11-13-15-16-18-20-25(35)24(33-31(39)26(36)21-19-17-14-12-10-8-6-4-2)23-43-32-29(38)30(45-46(40,41)42)28(37)27(22-34)44-32/h14,17-18,20,24-30,32,34-38H,3-13,15-16,19,21-23H2,1-2H3,(H,33,39)(H,40,41,42)/b17-14-,20-18+. The molecule has 1 fully saturated rings. The van der Waals surface area contributed by atoms with Gasteiger partial charge in [0.05, 0.1) is 25.4 Å². The van der Waals surface area contributed by atoms with Gasteiger partial charge in [-0.1, -0.05) is 95.9 Å². The average molecular weight is 682 g/mol. The molecule has 1 amide bonds. The summed E-state index contributed by atoms with van der Waals surface area (Å²) >= 11 is 0. The molecule has 0 spiro atoms. The second-order valence-electron chi connectivity index (χ2n) is 11.9. The minimum atomic E-state index is -5.11. The maximum Gasteiger partial charge on any atom is 0.397 e. The molecular formula is C32H59NO12S. The van der Waals surface area contributed by atoms with E-state index in [4.69, 9.17) is 14.0 Å². The first-order valence-corrected chi connectivity index (χ1v) is 18.2. The first-order chi connectivity index (χ1) is 21.9. The number of hydrogen-bond acceptors (Lipinski definition) is 11. The van der Waals surface area contributed by atoms with Crippen LogP contribution >= 0.6 is 0 Å². The molecule has 8 atom stereocenters. The molecule has 1 rings (SSSR count). The second kappa shape index (κ2) is 24.6. The largest absolute Gasteiger partial charge is 0.397 e. The molecule has 8 unspecified atom stereocenters. The SMILES string of the molecule is CCCCCC/C=C\CCC(O)C(=O)NC(COC1OC(CO)C(O)C(OS(=O)(=O)O)C1O)C(O)/C=C/CCCCCCCCC. The van der Waals surface area contributed by atoms with Crippen molar-refractivity contribution in [2.24, 2.45) is 0 Å². The predicted octanol–water partition coefficient (Wildman–Crippen LogP) is 2.84. The molecule has 270 valence electrons. The Hall–Kier alpha value is -1.46. The number of carbonyl (C=O) groups is 1. The van der Waals surface area contributed by atoms with Crippen molar-refractivity contribution in [3.8, 4) is 0 Å². The summed E-state index contributed by atoms with van der Waals surface area (Å²) < 4.78 is 47.0. The van der Waals surface area contributed by atoms with Crippen molar-refractivity contribution in [1.82, 2.24) is 5.32 Å². The van der Waals surface area contributed by atoms with Crippen molar-refractivity contribution < 1.29 is 57.0 Å². The number of hydrogen-bond donors (Lipinski definition) is 7. The summed E-state index contributed by atoms with van der Waals surface area (Å²) in [5.41, 5.74) is 0. The van der Waals surface area contributed by atoms with Crippen LogP contribution in [0.2, 0.25) is 0 Å². The van der Waals surface area contributed by atoms with Gasteiger partial charge in [-0.15, -0.1) is 0 Å². The molecule has 7 N–H and O–H groups in total. The van der Waals surface area contributed by atoms with Gasteiger partial charge in [0.2, 0.25) is 5.91 Å². The molecule has 0 aromatic rings. The number of ether oxygens (including phenoxy) is 2. The summed E-state index contributed by atoms with van der Waals surface area (Å²) in [6, 6.07) is -1.13. The van der Waals surface area contributed by atoms with Crippen LogP contribution < -0.4 is 5.32 Å². The van der Waals surface area contributed by atoms with Gasteiger partial charge < -0.3 is 40.3 Å². The Labute approximate surface area is 275 Å². The fourth-order valence-electron chi connectivity index (χ4n) is 5.05. The zero-order valence-electron chi connectivity index (χ0n) is 27.5. The lowest BCUT2D eigenvalue weighted by atomic mass is 9.99. The number of amides is 1. The molecule has 0 bridgehead atoms. The van der Waals surface area contributed by atoms with E-state index in [2.05, 4.69) is 23.3 Å². The lowest BCUT2D eigenvalue weighted by Gasteiger charge is -2.41. The molecule has 0 saturated carbocycles. The predicted molar refractivity (Wildman–Crippen MR) is 173 cm³/mol. The van der Waals surface area contributed by atoms with Gasteiger partial charge in [-0.3, -0.25) is 9.35 Å². The number of unbranched alkanes of at least 4 members (excludes halogenated alkanes) is 11. The summed E-state index contributed by atoms with van der Waals surface area (Å²) in [5, 5.41) is 54.4. The maximum absolute atomic E-state index is 12.8. The van der Waals surface area contributed by atoms with Crippen LogP contribution in [0.1, 0.15) is 110 Å². The third kappa shape index (κ3) is 18.2. The van der Waals surface area contributed by atoms with Gasteiger partial charge in [0.15, 0.2) is 6.29 Å². The van der Waals surface area contributed by atoms with Crippen LogP contribution in [0.3, 0.4) is 0 Å². The number of rotatable bonds is 26. The minimum absolute atomic E-state index is 0.157. The van der Waals surface area contributed by atoms with E-state index in [1.807, 2.05) is 12.2 Å². The van der Waals surface area contributed by atoms with Crippen LogP contribution in [0.15, 0.2) is 24.3 Å². The Bertz CT molecular complexity index is 963. The average Bonchev–Trinajstić information content (AvgIpc) is 3.01. The van der Waals surface area contributed by atoms with Gasteiger partial charge >= 0.3 is 10.4 Å². The van der Waals surface area contributed by atoms with E-state index in [1.54, 1.807) is 6.08 Å². The monoisotopic (exact) mass is 681 g/mol. The highest BCUT2D eigenvalue weighted by molar-refractivity contribution is 7.80. The third-order valence-corrected chi connectivity index (χ3v) is 8.31. The Kier molecular flexibility index (Phi) is 22.8. The summed E-state index contributed by atoms with van der Waals surface area (Å²) in [5.74, 6) is -0.745. The fraction of sp³-hybridized carbons (Fsp3) is 0.844. The first-order valence-electron chi connectivity index (χ1n) is 16.8. The Morgan fingerprint density at radius 2 is 1.43 bits per heavy atom. The normalized spacial score (nSPS) is 24.4. The third-order valence-electron chi connectivity index (χ3n) is 7.84. The second-order valence-corrected chi connectivity index (χ2v) is 12.9. The zero-order chi connectivity index (χ0) is 34.4. The van der Waals surface area contributed by atoms with E-state index in [1.165, 1.54) is 38.2 Å². The van der Waals surface area contributed by atoms with E-state index < -0.39 is 78.5 Å². The van der Waals surface area contributed by atoms with Crippen LogP contribution in [0.4, 0.5) is 0 Å². The molecule has 13 nitrogen and oxygen atoms in total. The first kappa shape index (κ1) is 42.6. The molecule has 0 aromatic carbocycles. The highest BCUT2D eigenvalue weighted by Gasteiger charge is 2.48. The molecule has 1 heterocycles. The smallest absolute Gasteiger partial charge is 0.394 e. The number of allylic oxidation sites excluding steroid dienone is 3. The van der Waals surface area contributed by atoms with Gasteiger partial charge in [0.25, 0.3) is 0 Å². The highest BCUT2D eigenvalue weighted by atomic mass is 32.3. The van der Waals surface area contributed by atoms with Gasteiger partial charge in [-0.2, -0.15) is 8.42 Å². The van der Waals surface area contributed by atoms with E-state index in [-0.39, 0.29) is 6.42 Å². The number of nitrogens with one attached hydrogen (secondary N) is 1. The van der Waals surface area contributed by atoms with Crippen molar-refractivity contribution in [3.63, 3.8) is 0 Å². The van der Waals surface area contributed by atoms with Gasteiger partial charge in [-0.25, -0.2) is 4.18 Å². The van der Waals surface area contributed by atoms with Gasteiger partial charge in [-0.05, 0) is 38.5 Å². The number of aliphatic hydroxyl groups is 5. The molecular weight excluding hydrogens is 622 g/mol. The van der Waals surface area contributed by atoms with Crippen molar-refractivity contribution in [1.29, 1.82) is 0 Å². The van der Waals surface area contributed by atoms with Crippen molar-refractivity contribution in [3.05, 3.63) is 24.3 Å². The van der Waals surface area contributed by atoms with Gasteiger partial charge in [0.1, 0.15) is 30.5 Å². The Morgan fingerprint density at radius 3 is 2.04 bits per heavy atom. The lowest BCUT2D eigenvalue weighted by molar-refractivity contribution is -0.298. The Morgan fingerprint density at radius 1 is 0.870 bits per heavy atom. The minimum Gasteiger partial charge on any atom is -0.394 e. The number of carbonyl (C=O) groups excluding carboxylic acids is 1. The summed E-state index contributed by atoms with van der Waals surface area (Å²) in [7, 11) is -5.11. The van der Waals surface area contributed by atoms with Crippen LogP contribution in [0.25, 0.3) is 0 Å². The number of aliphatic hydroxyl groups excluding tert-OH is 5. The molecule has 0 radical (unpaired) electrons. The molecule has 0 aromatic heterocycles. The molecule has 1 aliphatic heterocycles. The van der Waals surface area contributed by atoms with Crippen LogP contribution in [0, 0.1) is 0 Å². The van der Waals surface area contributed by atoms with E-state index in [0.29, 0.717) is 12.8 Å². The highest BCUT2D eigenvalue weighted by Crippen LogP contribution is 2.26. The van der Waals surface area contributed by atoms with E-state index in [9.17, 15) is 38.7 Å². The lowest BCUT2D eigenvalue weighted by Crippen LogP contribution is -2.61.